The van der Waals surface area contributed by atoms with Gasteiger partial charge in [0, 0.05) is 55.9 Å². The number of hydrogen-bond acceptors (Lipinski definition) is 2. The predicted molar refractivity (Wildman–Crippen MR) is 251 cm³/mol. The zero-order valence-corrected chi connectivity index (χ0v) is 38.2. The van der Waals surface area contributed by atoms with E-state index in [1.807, 2.05) is 35.0 Å². The second kappa shape index (κ2) is 16.8. The van der Waals surface area contributed by atoms with Gasteiger partial charge in [0.1, 0.15) is 5.82 Å². The van der Waals surface area contributed by atoms with Gasteiger partial charge in [-0.05, 0) is 74.6 Å². The number of nitrogens with zero attached hydrogens (tertiary/aromatic N) is 4. The summed E-state index contributed by atoms with van der Waals surface area (Å²) in [4.78, 5) is 4.95. The molecule has 10 rings (SSSR count). The average Bonchev–Trinajstić information content (AvgIpc) is 3.90. The molecule has 0 amide bonds. The number of para-hydroxylation sites is 1. The molecule has 0 atom stereocenters. The monoisotopic (exact) mass is 997 g/mol. The molecule has 0 saturated heterocycles. The van der Waals surface area contributed by atoms with Crippen molar-refractivity contribution in [1.82, 2.24) is 14.1 Å². The van der Waals surface area contributed by atoms with Crippen LogP contribution in [0.4, 0.5) is 0 Å². The predicted octanol–water partition coefficient (Wildman–Crippen LogP) is 13.4. The zero-order chi connectivity index (χ0) is 42.4. The topological polar surface area (TPSA) is 35.9 Å². The van der Waals surface area contributed by atoms with Crippen LogP contribution in [0.3, 0.4) is 0 Å². The summed E-state index contributed by atoms with van der Waals surface area (Å²) in [5.41, 5.74) is 11.3. The zero-order valence-electron chi connectivity index (χ0n) is 35.9. The van der Waals surface area contributed by atoms with Crippen LogP contribution in [0.15, 0.2) is 188 Å². The number of benzene rings is 7. The molecule has 0 fully saturated rings. The number of ether oxygens (including phenoxy) is 1. The maximum Gasteiger partial charge on any atom is 0.267 e. The van der Waals surface area contributed by atoms with Crippen LogP contribution in [-0.2, 0) is 31.9 Å². The van der Waals surface area contributed by atoms with Crippen molar-refractivity contribution < 1.29 is 30.4 Å². The van der Waals surface area contributed by atoms with E-state index >= 15 is 0 Å². The van der Waals surface area contributed by atoms with E-state index in [0.29, 0.717) is 11.5 Å². The molecule has 312 valence electrons. The van der Waals surface area contributed by atoms with Gasteiger partial charge in [-0.2, -0.15) is 12.1 Å². The summed E-state index contributed by atoms with van der Waals surface area (Å²) in [6.07, 6.45) is 7.72. The third-order valence-corrected chi connectivity index (χ3v) is 11.9. The van der Waals surface area contributed by atoms with Crippen molar-refractivity contribution in [3.8, 4) is 51.1 Å². The maximum atomic E-state index is 6.81. The largest absolute Gasteiger partial charge is 0.510 e. The summed E-state index contributed by atoms with van der Waals surface area (Å²) < 4.78 is 13.2. The van der Waals surface area contributed by atoms with Gasteiger partial charge in [0.05, 0.1) is 11.4 Å². The van der Waals surface area contributed by atoms with Gasteiger partial charge in [0.25, 0.3) is 6.33 Å². The van der Waals surface area contributed by atoms with E-state index in [1.165, 1.54) is 16.7 Å². The van der Waals surface area contributed by atoms with Gasteiger partial charge in [0.2, 0.25) is 0 Å². The Labute approximate surface area is 384 Å². The van der Waals surface area contributed by atoms with E-state index in [4.69, 9.17) is 9.72 Å². The molecule has 0 bridgehead atoms. The molecule has 3 aromatic heterocycles. The van der Waals surface area contributed by atoms with E-state index in [-0.39, 0.29) is 31.9 Å². The summed E-state index contributed by atoms with van der Waals surface area (Å²) in [5.74, 6) is 1.96. The molecule has 0 saturated carbocycles. The van der Waals surface area contributed by atoms with Crippen LogP contribution in [0.25, 0.3) is 61.4 Å². The van der Waals surface area contributed by atoms with E-state index in [1.54, 1.807) is 0 Å². The Hall–Kier alpha value is -6.81. The second-order valence-electron chi connectivity index (χ2n) is 17.4. The summed E-state index contributed by atoms with van der Waals surface area (Å²) in [6, 6.07) is 68.6. The van der Waals surface area contributed by atoms with Crippen LogP contribution in [0.2, 0.25) is 0 Å². The quantitative estimate of drug-likeness (QED) is 0.107. The van der Waals surface area contributed by atoms with Gasteiger partial charge in [-0.25, -0.2) is 4.98 Å². The Bertz CT molecular complexity index is 3220. The molecular formula is C57H46N4OPt-2. The molecule has 0 unspecified atom stereocenters. The average molecular weight is 998 g/mol. The van der Waals surface area contributed by atoms with Gasteiger partial charge in [0.15, 0.2) is 0 Å². The van der Waals surface area contributed by atoms with Crippen LogP contribution in [0.5, 0.6) is 11.5 Å². The van der Waals surface area contributed by atoms with Gasteiger partial charge >= 0.3 is 0 Å². The Morgan fingerprint density at radius 1 is 0.556 bits per heavy atom. The van der Waals surface area contributed by atoms with Crippen molar-refractivity contribution in [2.75, 3.05) is 0 Å². The minimum atomic E-state index is -0.234. The normalized spacial score (nSPS) is 11.8. The number of fused-ring (bicyclic) bond motifs is 3. The molecule has 5 nitrogen and oxygen atoms in total. The standard InChI is InChI=1S/C57H46N4O.Pt/c1-56(2,3)44-24-17-25-46(34-44)60-39-59(38-54(60)41-20-11-7-12-21-41)47-32-42(40-18-9-6-10-19-40)33-49(36-47)62-48-28-29-51-50-26-15-16-27-52(50)61(53(51)37-48)55-35-45(30-31-58-55)57(4,5)43-22-13-8-14-23-43;/h6-35,38H,1-5H3;/q-2;. The summed E-state index contributed by atoms with van der Waals surface area (Å²) in [6.45, 7) is 11.3. The van der Waals surface area contributed by atoms with Crippen LogP contribution in [0.1, 0.15) is 51.3 Å². The van der Waals surface area contributed by atoms with Crippen molar-refractivity contribution in [1.29, 1.82) is 0 Å². The van der Waals surface area contributed by atoms with E-state index in [0.717, 1.165) is 61.4 Å². The van der Waals surface area contributed by atoms with Gasteiger partial charge < -0.3 is 13.9 Å². The van der Waals surface area contributed by atoms with Crippen LogP contribution < -0.4 is 9.30 Å². The fourth-order valence-corrected chi connectivity index (χ4v) is 8.37. The fourth-order valence-electron chi connectivity index (χ4n) is 8.37. The summed E-state index contributed by atoms with van der Waals surface area (Å²) >= 11 is 0. The van der Waals surface area contributed by atoms with Gasteiger partial charge in [-0.1, -0.05) is 161 Å². The van der Waals surface area contributed by atoms with E-state index in [2.05, 4.69) is 220 Å². The molecule has 0 aliphatic heterocycles. The molecule has 0 spiro atoms. The Balaban J connectivity index is 0.00000504. The number of imidazole rings is 1. The molecule has 7 aromatic carbocycles. The summed E-state index contributed by atoms with van der Waals surface area (Å²) in [7, 11) is 0. The smallest absolute Gasteiger partial charge is 0.267 e. The minimum absolute atomic E-state index is 0. The number of aromatic nitrogens is 4. The number of rotatable bonds is 9. The Kier molecular flexibility index (Phi) is 11.1. The van der Waals surface area contributed by atoms with E-state index in [9.17, 15) is 0 Å². The van der Waals surface area contributed by atoms with Crippen molar-refractivity contribution >= 4 is 21.8 Å². The molecule has 63 heavy (non-hydrogen) atoms. The Morgan fingerprint density at radius 3 is 1.98 bits per heavy atom. The number of pyridine rings is 1. The SMILES string of the molecule is CC(C)(C)c1cccc(-[n+]2[c-]n(-c3[c-]c(Oc4[c-]c5c(cc4)c4ccccc4n5-c4cc(C(C)(C)c5ccccc5)ccn4)cc(-c4ccccc4)c3)cc2-c2ccccc2)c1.[Pt]. The summed E-state index contributed by atoms with van der Waals surface area (Å²) in [5, 5.41) is 2.19. The van der Waals surface area contributed by atoms with Crippen molar-refractivity contribution in [2.45, 2.75) is 45.4 Å². The first-order valence-electron chi connectivity index (χ1n) is 21.1. The molecule has 3 heterocycles. The molecule has 10 aromatic rings. The van der Waals surface area contributed by atoms with Crippen molar-refractivity contribution in [2.24, 2.45) is 0 Å². The first-order chi connectivity index (χ1) is 30.1. The van der Waals surface area contributed by atoms with Gasteiger partial charge in [-0.3, -0.25) is 4.57 Å². The maximum absolute atomic E-state index is 6.81. The van der Waals surface area contributed by atoms with Gasteiger partial charge in [-0.15, -0.1) is 35.2 Å². The molecule has 0 radical (unpaired) electrons. The molecule has 0 aliphatic rings. The molecule has 6 heteroatoms. The first kappa shape index (κ1) is 41.5. The third kappa shape index (κ3) is 8.06. The molecule has 0 aliphatic carbocycles. The second-order valence-corrected chi connectivity index (χ2v) is 17.4. The molecule has 0 N–H and O–H groups in total. The van der Waals surface area contributed by atoms with Crippen LogP contribution >= 0.6 is 0 Å². The van der Waals surface area contributed by atoms with Crippen molar-refractivity contribution in [3.63, 3.8) is 0 Å². The minimum Gasteiger partial charge on any atom is -0.510 e. The van der Waals surface area contributed by atoms with Crippen LogP contribution in [0, 0.1) is 18.5 Å². The van der Waals surface area contributed by atoms with Crippen LogP contribution in [-0.4, -0.2) is 14.1 Å². The Morgan fingerprint density at radius 2 is 1.24 bits per heavy atom. The third-order valence-electron chi connectivity index (χ3n) is 11.9. The molecular weight excluding hydrogens is 952 g/mol. The number of hydrogen-bond donors (Lipinski definition) is 0. The van der Waals surface area contributed by atoms with E-state index < -0.39 is 0 Å². The fraction of sp³-hybridized carbons (Fsp3) is 0.123. The van der Waals surface area contributed by atoms with Crippen molar-refractivity contribution in [3.05, 3.63) is 223 Å². The first-order valence-corrected chi connectivity index (χ1v) is 21.1.